The Bertz CT molecular complexity index is 712. The fourth-order valence-corrected chi connectivity index (χ4v) is 2.96. The van der Waals surface area contributed by atoms with Crippen LogP contribution >= 0.6 is 24.8 Å². The van der Waals surface area contributed by atoms with E-state index in [9.17, 15) is 4.79 Å². The molecule has 0 saturated carbocycles. The fraction of sp³-hybridized carbons (Fsp3) is 0.444. The van der Waals surface area contributed by atoms with E-state index in [-0.39, 0.29) is 36.8 Å². The van der Waals surface area contributed by atoms with Crippen molar-refractivity contribution < 1.29 is 9.53 Å². The number of amides is 1. The van der Waals surface area contributed by atoms with Crippen molar-refractivity contribution in [2.75, 3.05) is 13.2 Å². The van der Waals surface area contributed by atoms with Gasteiger partial charge in [-0.25, -0.2) is 4.98 Å². The maximum Gasteiger partial charge on any atom is 0.240 e. The van der Waals surface area contributed by atoms with Gasteiger partial charge in [0.25, 0.3) is 0 Å². The predicted octanol–water partition coefficient (Wildman–Crippen LogP) is 2.71. The topological polar surface area (TPSA) is 82.2 Å². The van der Waals surface area contributed by atoms with E-state index >= 15 is 0 Å². The molecule has 1 unspecified atom stereocenters. The number of ether oxygens (including phenoxy) is 1. The van der Waals surface area contributed by atoms with Crippen LogP contribution in [0.25, 0.3) is 5.69 Å². The van der Waals surface area contributed by atoms with Gasteiger partial charge in [0.15, 0.2) is 0 Å². The summed E-state index contributed by atoms with van der Waals surface area (Å²) in [4.78, 5) is 16.7. The maximum absolute atomic E-state index is 12.5. The average Bonchev–Trinajstić information content (AvgIpc) is 3.01. The van der Waals surface area contributed by atoms with Crippen molar-refractivity contribution >= 4 is 30.7 Å². The summed E-state index contributed by atoms with van der Waals surface area (Å²) >= 11 is 0. The zero-order valence-corrected chi connectivity index (χ0v) is 16.6. The predicted molar refractivity (Wildman–Crippen MR) is 106 cm³/mol. The Morgan fingerprint density at radius 2 is 1.88 bits per heavy atom. The molecular weight excluding hydrogens is 375 g/mol. The first-order valence-corrected chi connectivity index (χ1v) is 8.27. The Morgan fingerprint density at radius 1 is 1.27 bits per heavy atom. The lowest BCUT2D eigenvalue weighted by Gasteiger charge is -2.33. The number of halogens is 2. The number of benzene rings is 1. The van der Waals surface area contributed by atoms with Gasteiger partial charge in [0, 0.05) is 31.3 Å². The van der Waals surface area contributed by atoms with Gasteiger partial charge in [-0.05, 0) is 44.4 Å². The normalized spacial score (nSPS) is 16.7. The highest BCUT2D eigenvalue weighted by molar-refractivity contribution is 5.86. The third kappa shape index (κ3) is 4.76. The summed E-state index contributed by atoms with van der Waals surface area (Å²) in [6.07, 6.45) is 4.83. The fourth-order valence-electron chi connectivity index (χ4n) is 2.96. The molecule has 144 valence electrons. The minimum absolute atomic E-state index is 0. The van der Waals surface area contributed by atoms with Crippen molar-refractivity contribution in [1.29, 1.82) is 0 Å². The van der Waals surface area contributed by atoms with Gasteiger partial charge in [0.2, 0.25) is 5.91 Å². The second-order valence-electron chi connectivity index (χ2n) is 6.40. The molecule has 6 nitrogen and oxygen atoms in total. The van der Waals surface area contributed by atoms with Crippen molar-refractivity contribution in [2.24, 2.45) is 5.73 Å². The minimum Gasteiger partial charge on any atom is -0.381 e. The second-order valence-corrected chi connectivity index (χ2v) is 6.40. The monoisotopic (exact) mass is 400 g/mol. The zero-order chi connectivity index (χ0) is 17.2. The summed E-state index contributed by atoms with van der Waals surface area (Å²) in [7, 11) is 0. The number of aryl methyl sites for hydroxylation is 1. The smallest absolute Gasteiger partial charge is 0.240 e. The van der Waals surface area contributed by atoms with Crippen molar-refractivity contribution in [2.45, 2.75) is 38.3 Å². The van der Waals surface area contributed by atoms with Crippen LogP contribution < -0.4 is 11.1 Å². The van der Waals surface area contributed by atoms with E-state index in [1.54, 1.807) is 6.20 Å². The highest BCUT2D eigenvalue weighted by atomic mass is 35.5. The molecule has 1 amide bonds. The number of nitrogens with zero attached hydrogens (tertiary/aromatic N) is 2. The molecule has 1 aliphatic rings. The van der Waals surface area contributed by atoms with Gasteiger partial charge < -0.3 is 20.4 Å². The number of carbonyl (C=O) groups is 1. The number of rotatable bonds is 4. The van der Waals surface area contributed by atoms with Crippen LogP contribution in [0.5, 0.6) is 0 Å². The highest BCUT2D eigenvalue weighted by Gasteiger charge is 2.36. The third-order valence-corrected chi connectivity index (χ3v) is 4.68. The number of hydrogen-bond acceptors (Lipinski definition) is 4. The Morgan fingerprint density at radius 3 is 2.42 bits per heavy atom. The summed E-state index contributed by atoms with van der Waals surface area (Å²) in [5.41, 5.74) is 7.50. The van der Waals surface area contributed by atoms with Crippen LogP contribution in [0.15, 0.2) is 36.7 Å². The highest BCUT2D eigenvalue weighted by Crippen LogP contribution is 2.21. The molecule has 2 heterocycles. The summed E-state index contributed by atoms with van der Waals surface area (Å²) < 4.78 is 7.31. The number of nitrogens with two attached hydrogens (primary N) is 1. The van der Waals surface area contributed by atoms with E-state index in [1.165, 1.54) is 0 Å². The van der Waals surface area contributed by atoms with Gasteiger partial charge in [0.1, 0.15) is 5.82 Å². The minimum atomic E-state index is -0.819. The molecule has 1 fully saturated rings. The number of nitrogens with one attached hydrogen (secondary N) is 1. The molecule has 1 aromatic heterocycles. The summed E-state index contributed by atoms with van der Waals surface area (Å²) in [6.45, 7) is 5.01. The molecule has 0 radical (unpaired) electrons. The van der Waals surface area contributed by atoms with Crippen molar-refractivity contribution in [3.05, 3.63) is 48.0 Å². The summed E-state index contributed by atoms with van der Waals surface area (Å²) in [5.74, 6) is 0.835. The van der Waals surface area contributed by atoms with E-state index < -0.39 is 5.54 Å². The van der Waals surface area contributed by atoms with E-state index in [1.807, 2.05) is 48.9 Å². The maximum atomic E-state index is 12.5. The molecule has 1 saturated heterocycles. The zero-order valence-electron chi connectivity index (χ0n) is 15.0. The molecular formula is C18H26Cl2N4O2. The number of carbonyl (C=O) groups excluding carboxylic acids is 1. The van der Waals surface area contributed by atoms with Crippen LogP contribution in [-0.2, 0) is 9.53 Å². The SMILES string of the molecule is Cc1nccn1-c1ccc(C(C)NC(=O)C2(N)CCOCC2)cc1.Cl.Cl. The van der Waals surface area contributed by atoms with Gasteiger partial charge in [0.05, 0.1) is 11.6 Å². The second kappa shape index (κ2) is 9.37. The van der Waals surface area contributed by atoms with Crippen LogP contribution in [0, 0.1) is 6.92 Å². The third-order valence-electron chi connectivity index (χ3n) is 4.68. The lowest BCUT2D eigenvalue weighted by Crippen LogP contribution is -2.57. The van der Waals surface area contributed by atoms with Gasteiger partial charge in [-0.1, -0.05) is 12.1 Å². The Labute approximate surface area is 166 Å². The van der Waals surface area contributed by atoms with Gasteiger partial charge >= 0.3 is 0 Å². The van der Waals surface area contributed by atoms with Crippen molar-refractivity contribution in [1.82, 2.24) is 14.9 Å². The van der Waals surface area contributed by atoms with E-state index in [4.69, 9.17) is 10.5 Å². The molecule has 1 atom stereocenters. The molecule has 8 heteroatoms. The lowest BCUT2D eigenvalue weighted by atomic mass is 9.90. The number of aromatic nitrogens is 2. The molecule has 2 aromatic rings. The standard InChI is InChI=1S/C18H24N4O2.2ClH/c1-13(21-17(23)18(19)7-11-24-12-8-18)15-3-5-16(6-4-15)22-10-9-20-14(22)2;;/h3-6,9-10,13H,7-8,11-12,19H2,1-2H3,(H,21,23);2*1H. The van der Waals surface area contributed by atoms with E-state index in [0.29, 0.717) is 26.1 Å². The summed E-state index contributed by atoms with van der Waals surface area (Å²) in [5, 5.41) is 3.03. The Kier molecular flexibility index (Phi) is 8.09. The quantitative estimate of drug-likeness (QED) is 0.826. The van der Waals surface area contributed by atoms with Crippen LogP contribution in [-0.4, -0.2) is 34.2 Å². The van der Waals surface area contributed by atoms with Crippen LogP contribution in [0.3, 0.4) is 0 Å². The molecule has 3 N–H and O–H groups in total. The van der Waals surface area contributed by atoms with Crippen molar-refractivity contribution in [3.8, 4) is 5.69 Å². The van der Waals surface area contributed by atoms with Gasteiger partial charge in [-0.15, -0.1) is 24.8 Å². The molecule has 3 rings (SSSR count). The van der Waals surface area contributed by atoms with Crippen LogP contribution in [0.2, 0.25) is 0 Å². The number of hydrogen-bond donors (Lipinski definition) is 2. The van der Waals surface area contributed by atoms with E-state index in [2.05, 4.69) is 10.3 Å². The molecule has 1 aromatic carbocycles. The largest absolute Gasteiger partial charge is 0.381 e. The van der Waals surface area contributed by atoms with Gasteiger partial charge in [-0.2, -0.15) is 0 Å². The molecule has 1 aliphatic heterocycles. The number of imidazole rings is 1. The van der Waals surface area contributed by atoms with Gasteiger partial charge in [-0.3, -0.25) is 4.79 Å². The van der Waals surface area contributed by atoms with Crippen molar-refractivity contribution in [3.63, 3.8) is 0 Å². The first-order valence-electron chi connectivity index (χ1n) is 8.27. The molecule has 0 bridgehead atoms. The Balaban J connectivity index is 0.00000169. The first kappa shape index (κ1) is 22.4. The van der Waals surface area contributed by atoms with E-state index in [0.717, 1.165) is 17.1 Å². The Hall–Kier alpha value is -1.60. The molecule has 0 spiro atoms. The summed E-state index contributed by atoms with van der Waals surface area (Å²) in [6, 6.07) is 8.00. The van der Waals surface area contributed by atoms with Crippen LogP contribution in [0.4, 0.5) is 0 Å². The molecule has 0 aliphatic carbocycles. The molecule has 26 heavy (non-hydrogen) atoms. The lowest BCUT2D eigenvalue weighted by molar-refractivity contribution is -0.130. The van der Waals surface area contributed by atoms with Crippen LogP contribution in [0.1, 0.15) is 37.2 Å². The average molecular weight is 401 g/mol. The first-order chi connectivity index (χ1) is 11.5.